The molecule has 0 nitrogen and oxygen atoms in total. The summed E-state index contributed by atoms with van der Waals surface area (Å²) in [7, 11) is 0. The van der Waals surface area contributed by atoms with E-state index in [1.807, 2.05) is 0 Å². The van der Waals surface area contributed by atoms with Gasteiger partial charge in [-0.25, -0.2) is 23.3 Å². The van der Waals surface area contributed by atoms with Crippen molar-refractivity contribution in [1.82, 2.24) is 0 Å². The molecule has 0 heterocycles. The van der Waals surface area contributed by atoms with Gasteiger partial charge >= 0.3 is 18.6 Å². The summed E-state index contributed by atoms with van der Waals surface area (Å²) in [5, 5.41) is 0. The van der Waals surface area contributed by atoms with Gasteiger partial charge in [-0.1, -0.05) is 27.7 Å². The number of halogens is 2. The van der Waals surface area contributed by atoms with E-state index in [1.165, 1.54) is 22.3 Å². The number of hydrogen-bond donors (Lipinski definition) is 0. The van der Waals surface area contributed by atoms with Crippen LogP contribution in [0.1, 0.15) is 22.3 Å². The molecule has 0 aromatic heterocycles. The average molecular weight is 308 g/mol. The molecule has 0 aliphatic rings. The van der Waals surface area contributed by atoms with E-state index in [-0.39, 0.29) is 43.4 Å². The van der Waals surface area contributed by atoms with E-state index in [4.69, 9.17) is 0 Å². The zero-order valence-electron chi connectivity index (χ0n) is 10.7. The molecule has 2 aromatic rings. The first-order valence-corrected chi connectivity index (χ1v) is 4.98. The third-order valence-electron chi connectivity index (χ3n) is 2.13. The molecule has 0 amide bonds. The smallest absolute Gasteiger partial charge is 1.00 e. The molecule has 0 fully saturated rings. The number of aryl methyl sites for hydroxylation is 4. The van der Waals surface area contributed by atoms with E-state index in [2.05, 4.69) is 64.1 Å². The van der Waals surface area contributed by atoms with Crippen molar-refractivity contribution in [3.63, 3.8) is 0 Å². The molecule has 0 spiro atoms. The van der Waals surface area contributed by atoms with E-state index < -0.39 is 0 Å². The van der Waals surface area contributed by atoms with Gasteiger partial charge in [0.25, 0.3) is 0 Å². The van der Waals surface area contributed by atoms with Crippen LogP contribution in [0.2, 0.25) is 0 Å². The summed E-state index contributed by atoms with van der Waals surface area (Å²) in [5.41, 5.74) is 5.44. The second kappa shape index (κ2) is 11.0. The van der Waals surface area contributed by atoms with Gasteiger partial charge in [0.2, 0.25) is 0 Å². The maximum absolute atomic E-state index is 2.17. The third-order valence-corrected chi connectivity index (χ3v) is 2.13. The molecule has 0 unspecified atom stereocenters. The zero-order chi connectivity index (χ0) is 10.6. The largest absolute Gasteiger partial charge is 4.00 e. The van der Waals surface area contributed by atoms with Gasteiger partial charge in [-0.05, 0) is 0 Å². The average Bonchev–Trinajstić information content (AvgIpc) is 2.63. The number of rotatable bonds is 0. The standard InChI is InChI=1S/2C7H9.2ClH.V/c2*1-6-3-4-7(2)5-6;;;/h2*3-5H,1-2H3;2*1H;/q2*-1;;;+4/p-2. The van der Waals surface area contributed by atoms with Gasteiger partial charge in [0.1, 0.15) is 0 Å². The first kappa shape index (κ1) is 22.1. The molecule has 0 bridgehead atoms. The normalized spacial score (nSPS) is 7.76. The fourth-order valence-corrected chi connectivity index (χ4v) is 1.44. The summed E-state index contributed by atoms with van der Waals surface area (Å²) in [6.07, 6.45) is 0. The summed E-state index contributed by atoms with van der Waals surface area (Å²) in [6.45, 7) is 8.42. The van der Waals surface area contributed by atoms with Gasteiger partial charge in [-0.15, -0.1) is 0 Å². The molecular formula is C14H18Cl2V. The van der Waals surface area contributed by atoms with Gasteiger partial charge in [0.15, 0.2) is 0 Å². The Balaban J connectivity index is -0.000000196. The molecule has 0 aliphatic carbocycles. The van der Waals surface area contributed by atoms with Crippen LogP contribution in [0.5, 0.6) is 0 Å². The van der Waals surface area contributed by atoms with Gasteiger partial charge in [-0.3, -0.25) is 0 Å². The Hall–Kier alpha value is -0.136. The van der Waals surface area contributed by atoms with Crippen molar-refractivity contribution in [1.29, 1.82) is 0 Å². The van der Waals surface area contributed by atoms with Crippen molar-refractivity contribution in [2.24, 2.45) is 0 Å². The summed E-state index contributed by atoms with van der Waals surface area (Å²) in [4.78, 5) is 0. The second-order valence-corrected chi connectivity index (χ2v) is 3.93. The quantitative estimate of drug-likeness (QED) is 0.497. The summed E-state index contributed by atoms with van der Waals surface area (Å²) in [5.74, 6) is 0. The Bertz CT molecular complexity index is 317. The monoisotopic (exact) mass is 307 g/mol. The van der Waals surface area contributed by atoms with Crippen LogP contribution in [-0.4, -0.2) is 0 Å². The number of hydrogen-bond acceptors (Lipinski definition) is 0. The van der Waals surface area contributed by atoms with Gasteiger partial charge < -0.3 is 24.8 Å². The predicted molar refractivity (Wildman–Crippen MR) is 63.0 cm³/mol. The molecule has 17 heavy (non-hydrogen) atoms. The Morgan fingerprint density at radius 1 is 0.765 bits per heavy atom. The van der Waals surface area contributed by atoms with Crippen LogP contribution in [0.15, 0.2) is 36.4 Å². The maximum atomic E-state index is 2.17. The van der Waals surface area contributed by atoms with Crippen LogP contribution in [-0.2, 0) is 18.6 Å². The van der Waals surface area contributed by atoms with Crippen molar-refractivity contribution >= 4 is 0 Å². The Morgan fingerprint density at radius 3 is 1.12 bits per heavy atom. The van der Waals surface area contributed by atoms with Crippen LogP contribution in [0.3, 0.4) is 0 Å². The molecular weight excluding hydrogens is 290 g/mol. The first-order chi connectivity index (χ1) is 6.58. The zero-order valence-corrected chi connectivity index (χ0v) is 13.6. The van der Waals surface area contributed by atoms with Gasteiger partial charge in [-0.2, -0.15) is 35.4 Å². The summed E-state index contributed by atoms with van der Waals surface area (Å²) >= 11 is 0. The van der Waals surface area contributed by atoms with E-state index in [1.54, 1.807) is 0 Å². The third kappa shape index (κ3) is 9.56. The van der Waals surface area contributed by atoms with Crippen LogP contribution in [0.4, 0.5) is 0 Å². The Morgan fingerprint density at radius 2 is 1.06 bits per heavy atom. The van der Waals surface area contributed by atoms with E-state index in [9.17, 15) is 0 Å². The van der Waals surface area contributed by atoms with E-state index in [0.29, 0.717) is 0 Å². The molecule has 0 saturated heterocycles. The van der Waals surface area contributed by atoms with Crippen LogP contribution >= 0.6 is 0 Å². The minimum absolute atomic E-state index is 0. The minimum Gasteiger partial charge on any atom is -1.00 e. The predicted octanol–water partition coefficient (Wildman–Crippen LogP) is -1.95. The summed E-state index contributed by atoms with van der Waals surface area (Å²) < 4.78 is 0. The van der Waals surface area contributed by atoms with Crippen LogP contribution < -0.4 is 24.8 Å². The first-order valence-electron chi connectivity index (χ1n) is 4.98. The molecule has 0 N–H and O–H groups in total. The minimum atomic E-state index is 0. The van der Waals surface area contributed by atoms with Crippen molar-refractivity contribution in [3.05, 3.63) is 58.7 Å². The molecule has 3 heteroatoms. The molecule has 93 valence electrons. The molecule has 0 aliphatic heterocycles. The fraction of sp³-hybridized carbons (Fsp3) is 0.286. The molecule has 2 rings (SSSR count). The van der Waals surface area contributed by atoms with Crippen LogP contribution in [0, 0.1) is 27.7 Å². The Kier molecular flexibility index (Phi) is 14.3. The molecule has 2 aromatic carbocycles. The molecule has 0 atom stereocenters. The van der Waals surface area contributed by atoms with Gasteiger partial charge in [0, 0.05) is 0 Å². The second-order valence-electron chi connectivity index (χ2n) is 3.93. The SMILES string of the molecule is Cc1cc[c-](C)c1.Cc1cc[c-](C)c1.[Cl-].[Cl-].[V+4]. The molecule has 0 saturated carbocycles. The molecule has 1 radical (unpaired) electrons. The fourth-order valence-electron chi connectivity index (χ4n) is 1.44. The van der Waals surface area contributed by atoms with Crippen LogP contribution in [0.25, 0.3) is 0 Å². The van der Waals surface area contributed by atoms with Crippen molar-refractivity contribution in [2.75, 3.05) is 0 Å². The van der Waals surface area contributed by atoms with E-state index >= 15 is 0 Å². The van der Waals surface area contributed by atoms with Gasteiger partial charge in [0.05, 0.1) is 0 Å². The van der Waals surface area contributed by atoms with Crippen molar-refractivity contribution in [2.45, 2.75) is 27.7 Å². The van der Waals surface area contributed by atoms with Crippen molar-refractivity contribution < 1.29 is 43.4 Å². The topological polar surface area (TPSA) is 0 Å². The summed E-state index contributed by atoms with van der Waals surface area (Å²) in [6, 6.07) is 12.8. The maximum Gasteiger partial charge on any atom is 4.00 e. The van der Waals surface area contributed by atoms with E-state index in [0.717, 1.165) is 0 Å². The van der Waals surface area contributed by atoms with Crippen molar-refractivity contribution in [3.8, 4) is 0 Å². The Labute approximate surface area is 129 Å².